The molecule has 1 aliphatic carbocycles. The number of hydrogen-bond donors (Lipinski definition) is 1. The Morgan fingerprint density at radius 1 is 1.32 bits per heavy atom. The molecule has 1 atom stereocenters. The molecular weight excluding hydrogens is 344 g/mol. The van der Waals surface area contributed by atoms with E-state index < -0.39 is 23.7 Å². The third kappa shape index (κ3) is 7.22. The van der Waals surface area contributed by atoms with Gasteiger partial charge in [0.15, 0.2) is 0 Å². The summed E-state index contributed by atoms with van der Waals surface area (Å²) < 4.78 is 10.6. The molecule has 0 aromatic heterocycles. The van der Waals surface area contributed by atoms with Gasteiger partial charge in [-0.15, -0.1) is 11.6 Å². The van der Waals surface area contributed by atoms with Crippen molar-refractivity contribution < 1.29 is 19.1 Å². The molecule has 7 heteroatoms. The smallest absolute Gasteiger partial charge is 0.408 e. The highest BCUT2D eigenvalue weighted by Gasteiger charge is 2.49. The van der Waals surface area contributed by atoms with Gasteiger partial charge in [0, 0.05) is 18.2 Å². The van der Waals surface area contributed by atoms with Crippen LogP contribution in [0.2, 0.25) is 0 Å². The van der Waals surface area contributed by atoms with E-state index in [0.717, 1.165) is 31.4 Å². The second kappa shape index (κ2) is 9.41. The molecule has 0 heterocycles. The number of esters is 1. The molecule has 0 aromatic rings. The molecule has 144 valence electrons. The highest BCUT2D eigenvalue weighted by molar-refractivity contribution is 6.29. The Balaban J connectivity index is 2.81. The molecule has 1 N–H and O–H groups in total. The summed E-state index contributed by atoms with van der Waals surface area (Å²) in [4.78, 5) is 28.8. The average molecular weight is 375 g/mol. The first-order valence-electron chi connectivity index (χ1n) is 8.85. The average Bonchev–Trinajstić information content (AvgIpc) is 3.26. The number of aliphatic imine (C=N–C) groups is 1. The summed E-state index contributed by atoms with van der Waals surface area (Å²) in [5.41, 5.74) is 0.0101. The van der Waals surface area contributed by atoms with Crippen molar-refractivity contribution in [3.63, 3.8) is 0 Å². The Morgan fingerprint density at radius 3 is 2.40 bits per heavy atom. The first kappa shape index (κ1) is 21.7. The fourth-order valence-electron chi connectivity index (χ4n) is 2.65. The largest absolute Gasteiger partial charge is 0.464 e. The maximum absolute atomic E-state index is 12.5. The van der Waals surface area contributed by atoms with E-state index in [2.05, 4.69) is 10.3 Å². The van der Waals surface area contributed by atoms with Crippen molar-refractivity contribution in [3.05, 3.63) is 0 Å². The summed E-state index contributed by atoms with van der Waals surface area (Å²) in [6.45, 7) is 7.70. The fourth-order valence-corrected chi connectivity index (χ4v) is 3.05. The number of ether oxygens (including phenoxy) is 2. The molecule has 0 saturated heterocycles. The first-order chi connectivity index (χ1) is 11.7. The SMILES string of the molecule is CCCCOC(=O)[C@H](CC1(C(CCl)=NC)CC1)NC(=O)OC(C)(C)C. The lowest BCUT2D eigenvalue weighted by atomic mass is 9.92. The number of nitrogens with one attached hydrogen (secondary N) is 1. The van der Waals surface area contributed by atoms with Gasteiger partial charge in [0.2, 0.25) is 0 Å². The highest BCUT2D eigenvalue weighted by atomic mass is 35.5. The van der Waals surface area contributed by atoms with Crippen LogP contribution in [0.5, 0.6) is 0 Å². The van der Waals surface area contributed by atoms with Crippen molar-refractivity contribution in [1.29, 1.82) is 0 Å². The number of alkyl halides is 1. The summed E-state index contributed by atoms with van der Waals surface area (Å²) in [6, 6.07) is -0.769. The Labute approximate surface area is 155 Å². The maximum Gasteiger partial charge on any atom is 0.408 e. The van der Waals surface area contributed by atoms with Gasteiger partial charge in [0.25, 0.3) is 0 Å². The van der Waals surface area contributed by atoms with Gasteiger partial charge in [-0.3, -0.25) is 4.99 Å². The molecule has 1 fully saturated rings. The number of amides is 1. The summed E-state index contributed by atoms with van der Waals surface area (Å²) in [6.07, 6.45) is 3.33. The van der Waals surface area contributed by atoms with Crippen LogP contribution in [0.15, 0.2) is 4.99 Å². The van der Waals surface area contributed by atoms with Crippen LogP contribution in [0.3, 0.4) is 0 Å². The van der Waals surface area contributed by atoms with Gasteiger partial charge < -0.3 is 14.8 Å². The number of hydrogen-bond acceptors (Lipinski definition) is 5. The van der Waals surface area contributed by atoms with Crippen molar-refractivity contribution >= 4 is 29.4 Å². The van der Waals surface area contributed by atoms with E-state index in [-0.39, 0.29) is 5.41 Å². The first-order valence-corrected chi connectivity index (χ1v) is 9.39. The maximum atomic E-state index is 12.5. The van der Waals surface area contributed by atoms with Crippen molar-refractivity contribution in [1.82, 2.24) is 5.32 Å². The van der Waals surface area contributed by atoms with Gasteiger partial charge in [0.05, 0.1) is 12.5 Å². The third-order valence-corrected chi connectivity index (χ3v) is 4.43. The van der Waals surface area contributed by atoms with Crippen LogP contribution >= 0.6 is 11.6 Å². The molecule has 0 unspecified atom stereocenters. The second-order valence-electron chi connectivity index (χ2n) is 7.51. The number of halogens is 1. The summed E-state index contributed by atoms with van der Waals surface area (Å²) in [7, 11) is 1.70. The Hall–Kier alpha value is -1.30. The van der Waals surface area contributed by atoms with E-state index in [1.165, 1.54) is 0 Å². The van der Waals surface area contributed by atoms with Gasteiger partial charge >= 0.3 is 12.1 Å². The van der Waals surface area contributed by atoms with E-state index >= 15 is 0 Å². The molecule has 0 aromatic carbocycles. The molecular formula is C18H31ClN2O4. The minimum Gasteiger partial charge on any atom is -0.464 e. The molecule has 0 spiro atoms. The lowest BCUT2D eigenvalue weighted by Gasteiger charge is -2.26. The van der Waals surface area contributed by atoms with E-state index in [1.807, 2.05) is 6.92 Å². The zero-order valence-electron chi connectivity index (χ0n) is 16.0. The third-order valence-electron chi connectivity index (χ3n) is 4.17. The number of carbonyl (C=O) groups excluding carboxylic acids is 2. The van der Waals surface area contributed by atoms with Crippen LogP contribution in [0.1, 0.15) is 59.8 Å². The zero-order chi connectivity index (χ0) is 19.1. The van der Waals surface area contributed by atoms with E-state index in [9.17, 15) is 9.59 Å². The number of nitrogens with zero attached hydrogens (tertiary/aromatic N) is 1. The topological polar surface area (TPSA) is 77.0 Å². The predicted molar refractivity (Wildman–Crippen MR) is 99.4 cm³/mol. The Bertz CT molecular complexity index is 496. The van der Waals surface area contributed by atoms with Crippen molar-refractivity contribution in [3.8, 4) is 0 Å². The van der Waals surface area contributed by atoms with Crippen LogP contribution < -0.4 is 5.32 Å². The van der Waals surface area contributed by atoms with Gasteiger partial charge in [-0.05, 0) is 46.5 Å². The second-order valence-corrected chi connectivity index (χ2v) is 7.78. The van der Waals surface area contributed by atoms with E-state index in [4.69, 9.17) is 21.1 Å². The summed E-state index contributed by atoms with van der Waals surface area (Å²) in [5.74, 6) is -0.115. The number of alkyl carbamates (subject to hydrolysis) is 1. The van der Waals surface area contributed by atoms with Crippen LogP contribution in [-0.4, -0.2) is 49.0 Å². The molecule has 1 saturated carbocycles. The lowest BCUT2D eigenvalue weighted by molar-refractivity contribution is -0.146. The normalized spacial score (nSPS) is 17.6. The molecule has 1 amide bonds. The van der Waals surface area contributed by atoms with Gasteiger partial charge in [0.1, 0.15) is 11.6 Å². The summed E-state index contributed by atoms with van der Waals surface area (Å²) >= 11 is 5.99. The monoisotopic (exact) mass is 374 g/mol. The quantitative estimate of drug-likeness (QED) is 0.289. The summed E-state index contributed by atoms with van der Waals surface area (Å²) in [5, 5.41) is 2.67. The number of rotatable bonds is 9. The number of unbranched alkanes of at least 4 members (excludes halogenated alkanes) is 1. The molecule has 0 aliphatic heterocycles. The van der Waals surface area contributed by atoms with Crippen molar-refractivity contribution in [2.75, 3.05) is 19.5 Å². The van der Waals surface area contributed by atoms with E-state index in [0.29, 0.717) is 18.9 Å². The highest BCUT2D eigenvalue weighted by Crippen LogP contribution is 2.51. The molecule has 6 nitrogen and oxygen atoms in total. The van der Waals surface area contributed by atoms with Crippen LogP contribution in [-0.2, 0) is 14.3 Å². The minimum absolute atomic E-state index is 0.222. The Kier molecular flexibility index (Phi) is 8.19. The van der Waals surface area contributed by atoms with Crippen LogP contribution in [0, 0.1) is 5.41 Å². The minimum atomic E-state index is -0.769. The van der Waals surface area contributed by atoms with Gasteiger partial charge in [-0.1, -0.05) is 13.3 Å². The van der Waals surface area contributed by atoms with Crippen LogP contribution in [0.25, 0.3) is 0 Å². The lowest BCUT2D eigenvalue weighted by Crippen LogP contribution is -2.46. The molecule has 0 radical (unpaired) electrons. The molecule has 1 aliphatic rings. The van der Waals surface area contributed by atoms with Crippen molar-refractivity contribution in [2.24, 2.45) is 10.4 Å². The molecule has 25 heavy (non-hydrogen) atoms. The zero-order valence-corrected chi connectivity index (χ0v) is 16.7. The number of carbonyl (C=O) groups is 2. The van der Waals surface area contributed by atoms with E-state index in [1.54, 1.807) is 27.8 Å². The van der Waals surface area contributed by atoms with Crippen molar-refractivity contribution in [2.45, 2.75) is 71.4 Å². The van der Waals surface area contributed by atoms with Crippen LogP contribution in [0.4, 0.5) is 4.79 Å². The Morgan fingerprint density at radius 2 is 1.96 bits per heavy atom. The molecule has 0 bridgehead atoms. The standard InChI is InChI=1S/C18H31ClN2O4/c1-6-7-10-24-15(22)13(21-16(23)25-17(2,3)4)11-18(8-9-18)14(12-19)20-5/h13H,6-12H2,1-5H3,(H,21,23)/t13-/m0/s1. The van der Waals surface area contributed by atoms with Gasteiger partial charge in [-0.2, -0.15) is 0 Å². The predicted octanol–water partition coefficient (Wildman–Crippen LogP) is 3.70. The fraction of sp³-hybridized carbons (Fsp3) is 0.833. The van der Waals surface area contributed by atoms with Gasteiger partial charge in [-0.25, -0.2) is 9.59 Å². The molecule has 1 rings (SSSR count).